The first-order valence-electron chi connectivity index (χ1n) is 12.9. The zero-order valence-electron chi connectivity index (χ0n) is 22.0. The Kier molecular flexibility index (Phi) is 8.02. The number of carbonyl (C=O) groups excluding carboxylic acids is 2. The van der Waals surface area contributed by atoms with Gasteiger partial charge in [0.2, 0.25) is 0 Å². The maximum absolute atomic E-state index is 13.6. The van der Waals surface area contributed by atoms with Gasteiger partial charge in [0.15, 0.2) is 10.8 Å². The molecule has 1 atom stereocenters. The molecular formula is C29H29ClN6O3S. The third-order valence-corrected chi connectivity index (χ3v) is 7.56. The summed E-state index contributed by atoms with van der Waals surface area (Å²) in [5.74, 6) is -0.450. The lowest BCUT2D eigenvalue weighted by Crippen LogP contribution is -2.39. The Hall–Kier alpha value is -3.99. The maximum atomic E-state index is 13.6. The van der Waals surface area contributed by atoms with Crippen molar-refractivity contribution in [1.82, 2.24) is 25.0 Å². The first-order chi connectivity index (χ1) is 19.2. The van der Waals surface area contributed by atoms with Gasteiger partial charge in [0.1, 0.15) is 11.4 Å². The summed E-state index contributed by atoms with van der Waals surface area (Å²) in [6.07, 6.45) is 2.31. The number of amides is 2. The molecule has 5 N–H and O–H groups in total. The molecule has 0 unspecified atom stereocenters. The molecule has 0 aliphatic heterocycles. The molecule has 0 fully saturated rings. The third-order valence-electron chi connectivity index (χ3n) is 6.46. The van der Waals surface area contributed by atoms with Crippen LogP contribution >= 0.6 is 22.9 Å². The molecule has 0 saturated carbocycles. The second-order valence-electron chi connectivity index (χ2n) is 9.95. The van der Waals surface area contributed by atoms with Crippen molar-refractivity contribution in [2.24, 2.45) is 5.92 Å². The van der Waals surface area contributed by atoms with Crippen molar-refractivity contribution >= 4 is 55.7 Å². The SMILES string of the molecule is CC(C)C[C@@H](CO)NC(=O)c1c(-c2ccc(Cl)cc2)nc2c(C(=O)NCc3ccc4nc(N)sc4c3)cccn12. The molecule has 5 rings (SSSR count). The number of aromatic nitrogens is 3. The van der Waals surface area contributed by atoms with Crippen molar-refractivity contribution in [1.29, 1.82) is 0 Å². The number of aliphatic hydroxyl groups is 1. The fourth-order valence-corrected chi connectivity index (χ4v) is 5.57. The van der Waals surface area contributed by atoms with E-state index in [4.69, 9.17) is 22.3 Å². The van der Waals surface area contributed by atoms with Crippen LogP contribution in [0, 0.1) is 5.92 Å². The van der Waals surface area contributed by atoms with Crippen LogP contribution in [-0.2, 0) is 6.54 Å². The van der Waals surface area contributed by atoms with Crippen molar-refractivity contribution in [2.45, 2.75) is 32.9 Å². The van der Waals surface area contributed by atoms with E-state index < -0.39 is 11.9 Å². The molecule has 9 nitrogen and oxygen atoms in total. The van der Waals surface area contributed by atoms with E-state index in [2.05, 4.69) is 15.6 Å². The van der Waals surface area contributed by atoms with Crippen molar-refractivity contribution < 1.29 is 14.7 Å². The van der Waals surface area contributed by atoms with Gasteiger partial charge in [0, 0.05) is 23.3 Å². The van der Waals surface area contributed by atoms with Crippen LogP contribution in [0.5, 0.6) is 0 Å². The van der Waals surface area contributed by atoms with Crippen molar-refractivity contribution in [2.75, 3.05) is 12.3 Å². The average molecular weight is 577 g/mol. The highest BCUT2D eigenvalue weighted by Crippen LogP contribution is 2.28. The smallest absolute Gasteiger partial charge is 0.270 e. The number of nitrogens with zero attached hydrogens (tertiary/aromatic N) is 3. The Bertz CT molecular complexity index is 1700. The van der Waals surface area contributed by atoms with E-state index in [9.17, 15) is 14.7 Å². The highest BCUT2D eigenvalue weighted by molar-refractivity contribution is 7.22. The molecule has 0 spiro atoms. The van der Waals surface area contributed by atoms with Crippen LogP contribution in [0.1, 0.15) is 46.7 Å². The number of carbonyl (C=O) groups is 2. The summed E-state index contributed by atoms with van der Waals surface area (Å²) in [6.45, 7) is 4.15. The lowest BCUT2D eigenvalue weighted by molar-refractivity contribution is 0.0901. The highest BCUT2D eigenvalue weighted by atomic mass is 35.5. The number of hydrogen-bond donors (Lipinski definition) is 4. The number of pyridine rings is 1. The number of halogens is 1. The predicted octanol–water partition coefficient (Wildman–Crippen LogP) is 4.91. The van der Waals surface area contributed by atoms with Crippen LogP contribution in [-0.4, -0.2) is 43.9 Å². The van der Waals surface area contributed by atoms with Crippen molar-refractivity contribution in [3.05, 3.63) is 82.6 Å². The van der Waals surface area contributed by atoms with E-state index >= 15 is 0 Å². The lowest BCUT2D eigenvalue weighted by Gasteiger charge is -2.18. The largest absolute Gasteiger partial charge is 0.394 e. The van der Waals surface area contributed by atoms with E-state index in [1.807, 2.05) is 32.0 Å². The summed E-state index contributed by atoms with van der Waals surface area (Å²) in [6, 6.07) is 15.7. The van der Waals surface area contributed by atoms with Gasteiger partial charge in [0.25, 0.3) is 11.8 Å². The zero-order chi connectivity index (χ0) is 28.4. The summed E-state index contributed by atoms with van der Waals surface area (Å²) in [4.78, 5) is 36.0. The molecule has 206 valence electrons. The Morgan fingerprint density at radius 3 is 2.60 bits per heavy atom. The summed E-state index contributed by atoms with van der Waals surface area (Å²) in [5.41, 5.74) is 9.54. The van der Waals surface area contributed by atoms with Crippen molar-refractivity contribution in [3.8, 4) is 11.3 Å². The van der Waals surface area contributed by atoms with Gasteiger partial charge in [-0.15, -0.1) is 0 Å². The first-order valence-corrected chi connectivity index (χ1v) is 14.0. The Labute approximate surface area is 240 Å². The fraction of sp³-hybridized carbons (Fsp3) is 0.241. The van der Waals surface area contributed by atoms with E-state index in [0.29, 0.717) is 45.6 Å². The molecular weight excluding hydrogens is 548 g/mol. The molecule has 2 amide bonds. The van der Waals surface area contributed by atoms with E-state index in [0.717, 1.165) is 15.8 Å². The Morgan fingerprint density at radius 1 is 1.10 bits per heavy atom. The minimum absolute atomic E-state index is 0.190. The average Bonchev–Trinajstić information content (AvgIpc) is 3.50. The standard InChI is InChI=1S/C29H29ClN6O3S/c1-16(2)12-20(15-37)33-28(39)25-24(18-6-8-19(30)9-7-18)35-26-21(4-3-11-36(25)26)27(38)32-14-17-5-10-22-23(13-17)40-29(31)34-22/h3-11,13,16,20,37H,12,14-15H2,1-2H3,(H2,31,34)(H,32,38)(H,33,39)/t20-/m0/s1. The zero-order valence-corrected chi connectivity index (χ0v) is 23.6. The van der Waals surface area contributed by atoms with Gasteiger partial charge >= 0.3 is 0 Å². The third kappa shape index (κ3) is 5.79. The first kappa shape index (κ1) is 27.6. The molecule has 0 aliphatic rings. The number of hydrogen-bond acceptors (Lipinski definition) is 7. The summed E-state index contributed by atoms with van der Waals surface area (Å²) < 4.78 is 2.56. The monoisotopic (exact) mass is 576 g/mol. The van der Waals surface area contributed by atoms with Crippen LogP contribution < -0.4 is 16.4 Å². The molecule has 3 heterocycles. The normalized spacial score (nSPS) is 12.2. The number of anilines is 1. The summed E-state index contributed by atoms with van der Waals surface area (Å²) in [5, 5.41) is 16.8. The predicted molar refractivity (Wildman–Crippen MR) is 159 cm³/mol. The van der Waals surface area contributed by atoms with Gasteiger partial charge in [-0.3, -0.25) is 14.0 Å². The van der Waals surface area contributed by atoms with Gasteiger partial charge in [-0.25, -0.2) is 9.97 Å². The van der Waals surface area contributed by atoms with Gasteiger partial charge in [-0.2, -0.15) is 0 Å². The van der Waals surface area contributed by atoms with Crippen molar-refractivity contribution in [3.63, 3.8) is 0 Å². The van der Waals surface area contributed by atoms with E-state index in [1.54, 1.807) is 47.0 Å². The second kappa shape index (κ2) is 11.6. The quantitative estimate of drug-likeness (QED) is 0.197. The van der Waals surface area contributed by atoms with E-state index in [1.165, 1.54) is 11.3 Å². The number of imidazole rings is 1. The molecule has 0 aliphatic carbocycles. The number of rotatable bonds is 9. The van der Waals surface area contributed by atoms with Crippen LogP contribution in [0.15, 0.2) is 60.8 Å². The molecule has 11 heteroatoms. The molecule has 2 aromatic carbocycles. The minimum Gasteiger partial charge on any atom is -0.394 e. The number of nitrogens with one attached hydrogen (secondary N) is 2. The van der Waals surface area contributed by atoms with Gasteiger partial charge < -0.3 is 21.5 Å². The van der Waals surface area contributed by atoms with Crippen LogP contribution in [0.4, 0.5) is 5.13 Å². The number of benzene rings is 2. The van der Waals surface area contributed by atoms with Crippen LogP contribution in [0.2, 0.25) is 5.02 Å². The number of nitrogens with two attached hydrogens (primary N) is 1. The number of aliphatic hydroxyl groups excluding tert-OH is 1. The fourth-order valence-electron chi connectivity index (χ4n) is 4.65. The van der Waals surface area contributed by atoms with E-state index in [-0.39, 0.29) is 24.1 Å². The molecule has 5 aromatic rings. The molecule has 3 aromatic heterocycles. The topological polar surface area (TPSA) is 135 Å². The number of thiazole rings is 1. The summed E-state index contributed by atoms with van der Waals surface area (Å²) in [7, 11) is 0. The number of fused-ring (bicyclic) bond motifs is 2. The summed E-state index contributed by atoms with van der Waals surface area (Å²) >= 11 is 7.50. The maximum Gasteiger partial charge on any atom is 0.270 e. The second-order valence-corrected chi connectivity index (χ2v) is 11.4. The lowest BCUT2D eigenvalue weighted by atomic mass is 10.0. The molecule has 0 bridgehead atoms. The van der Waals surface area contributed by atoms with Gasteiger partial charge in [-0.1, -0.05) is 55.0 Å². The van der Waals surface area contributed by atoms with Gasteiger partial charge in [0.05, 0.1) is 28.4 Å². The minimum atomic E-state index is -0.422. The number of nitrogen functional groups attached to an aromatic ring is 1. The highest BCUT2D eigenvalue weighted by Gasteiger charge is 2.25. The molecule has 0 saturated heterocycles. The Balaban J connectivity index is 1.50. The molecule has 40 heavy (non-hydrogen) atoms. The molecule has 0 radical (unpaired) electrons. The van der Waals surface area contributed by atoms with Gasteiger partial charge in [-0.05, 0) is 54.3 Å². The Morgan fingerprint density at radius 2 is 1.88 bits per heavy atom. The van der Waals surface area contributed by atoms with Crippen LogP contribution in [0.3, 0.4) is 0 Å². The van der Waals surface area contributed by atoms with Crippen LogP contribution in [0.25, 0.3) is 27.1 Å².